The van der Waals surface area contributed by atoms with Crippen LogP contribution < -0.4 is 4.74 Å². The minimum atomic E-state index is -3.58. The zero-order valence-electron chi connectivity index (χ0n) is 12.2. The fraction of sp³-hybridized carbons (Fsp3) is 0.385. The van der Waals surface area contributed by atoms with Crippen molar-refractivity contribution in [3.05, 3.63) is 35.9 Å². The van der Waals surface area contributed by atoms with E-state index < -0.39 is 10.0 Å². The Kier molecular flexibility index (Phi) is 4.59. The molecule has 1 heterocycles. The highest BCUT2D eigenvalue weighted by molar-refractivity contribution is 7.89. The van der Waals surface area contributed by atoms with E-state index >= 15 is 0 Å². The normalized spacial score (nSPS) is 11.8. The molecule has 1 aromatic heterocycles. The van der Waals surface area contributed by atoms with Gasteiger partial charge in [-0.25, -0.2) is 13.4 Å². The molecule has 8 heteroatoms. The number of sulfonamides is 1. The summed E-state index contributed by atoms with van der Waals surface area (Å²) in [6, 6.07) is 6.34. The highest BCUT2D eigenvalue weighted by atomic mass is 32.2. The van der Waals surface area contributed by atoms with Crippen molar-refractivity contribution in [2.24, 2.45) is 0 Å². The van der Waals surface area contributed by atoms with Crippen LogP contribution in [0.2, 0.25) is 0 Å². The highest BCUT2D eigenvalue weighted by Crippen LogP contribution is 2.19. The SMILES string of the molecule is CCOc1ccc(S(=O)(=O)N(C)Cc2n[nH]c(C)n2)cc1. The largest absolute Gasteiger partial charge is 0.494 e. The minimum absolute atomic E-state index is 0.111. The molecule has 2 aromatic rings. The van der Waals surface area contributed by atoms with Crippen LogP contribution in [-0.2, 0) is 16.6 Å². The smallest absolute Gasteiger partial charge is 0.243 e. The zero-order valence-corrected chi connectivity index (χ0v) is 13.0. The molecule has 0 aliphatic rings. The minimum Gasteiger partial charge on any atom is -0.494 e. The molecule has 0 aliphatic heterocycles. The molecule has 0 saturated heterocycles. The second-order valence-corrected chi connectivity index (χ2v) is 6.55. The lowest BCUT2D eigenvalue weighted by Gasteiger charge is -2.15. The first-order chi connectivity index (χ1) is 9.93. The van der Waals surface area contributed by atoms with E-state index in [4.69, 9.17) is 4.74 Å². The van der Waals surface area contributed by atoms with Gasteiger partial charge >= 0.3 is 0 Å². The molecule has 0 radical (unpaired) electrons. The van der Waals surface area contributed by atoms with Crippen LogP contribution in [0.3, 0.4) is 0 Å². The van der Waals surface area contributed by atoms with E-state index in [0.29, 0.717) is 24.0 Å². The molecule has 0 aliphatic carbocycles. The van der Waals surface area contributed by atoms with E-state index in [9.17, 15) is 8.42 Å². The van der Waals surface area contributed by atoms with Gasteiger partial charge in [-0.15, -0.1) is 0 Å². The van der Waals surface area contributed by atoms with Crippen LogP contribution >= 0.6 is 0 Å². The van der Waals surface area contributed by atoms with Crippen molar-refractivity contribution in [1.29, 1.82) is 0 Å². The van der Waals surface area contributed by atoms with E-state index in [1.165, 1.54) is 23.5 Å². The predicted octanol–water partition coefficient (Wildman–Crippen LogP) is 1.33. The van der Waals surface area contributed by atoms with Gasteiger partial charge in [-0.05, 0) is 38.1 Å². The maximum absolute atomic E-state index is 12.4. The Labute approximate surface area is 124 Å². The maximum Gasteiger partial charge on any atom is 0.243 e. The molecule has 114 valence electrons. The third-order valence-electron chi connectivity index (χ3n) is 2.85. The van der Waals surface area contributed by atoms with Gasteiger partial charge in [-0.1, -0.05) is 0 Å². The zero-order chi connectivity index (χ0) is 15.5. The van der Waals surface area contributed by atoms with Gasteiger partial charge in [0.25, 0.3) is 0 Å². The number of H-pyrrole nitrogens is 1. The Balaban J connectivity index is 2.16. The summed E-state index contributed by atoms with van der Waals surface area (Å²) >= 11 is 0. The second kappa shape index (κ2) is 6.23. The van der Waals surface area contributed by atoms with Crippen molar-refractivity contribution in [1.82, 2.24) is 19.5 Å². The first kappa shape index (κ1) is 15.5. The van der Waals surface area contributed by atoms with Crippen LogP contribution in [0.1, 0.15) is 18.6 Å². The summed E-state index contributed by atoms with van der Waals surface area (Å²) in [7, 11) is -2.08. The molecular formula is C13H18N4O3S. The Bertz CT molecular complexity index is 694. The van der Waals surface area contributed by atoms with E-state index in [-0.39, 0.29) is 11.4 Å². The molecule has 0 spiro atoms. The molecule has 0 atom stereocenters. The first-order valence-corrected chi connectivity index (χ1v) is 7.94. The van der Waals surface area contributed by atoms with Crippen molar-refractivity contribution in [2.75, 3.05) is 13.7 Å². The van der Waals surface area contributed by atoms with Crippen molar-refractivity contribution in [3.63, 3.8) is 0 Å². The summed E-state index contributed by atoms with van der Waals surface area (Å²) in [5, 5.41) is 6.63. The van der Waals surface area contributed by atoms with Crippen LogP contribution in [0.4, 0.5) is 0 Å². The van der Waals surface area contributed by atoms with Gasteiger partial charge in [-0.2, -0.15) is 9.40 Å². The fourth-order valence-corrected chi connectivity index (χ4v) is 2.92. The molecule has 0 amide bonds. The summed E-state index contributed by atoms with van der Waals surface area (Å²) in [5.41, 5.74) is 0. The average Bonchev–Trinajstić information content (AvgIpc) is 2.85. The van der Waals surface area contributed by atoms with Gasteiger partial charge in [0.15, 0.2) is 5.82 Å². The van der Waals surface area contributed by atoms with Gasteiger partial charge in [0.05, 0.1) is 18.0 Å². The molecule has 1 aromatic carbocycles. The number of aromatic nitrogens is 3. The summed E-state index contributed by atoms with van der Waals surface area (Å²) < 4.78 is 31.4. The molecule has 0 unspecified atom stereocenters. The lowest BCUT2D eigenvalue weighted by atomic mass is 10.3. The number of hydrogen-bond acceptors (Lipinski definition) is 5. The number of nitrogens with one attached hydrogen (secondary N) is 1. The topological polar surface area (TPSA) is 88.2 Å². The number of aromatic amines is 1. The first-order valence-electron chi connectivity index (χ1n) is 6.50. The van der Waals surface area contributed by atoms with E-state index in [1.54, 1.807) is 19.1 Å². The summed E-state index contributed by atoms with van der Waals surface area (Å²) in [4.78, 5) is 4.31. The monoisotopic (exact) mass is 310 g/mol. The van der Waals surface area contributed by atoms with Crippen molar-refractivity contribution >= 4 is 10.0 Å². The molecule has 1 N–H and O–H groups in total. The van der Waals surface area contributed by atoms with E-state index in [2.05, 4.69) is 15.2 Å². The summed E-state index contributed by atoms with van der Waals surface area (Å²) in [6.45, 7) is 4.28. The van der Waals surface area contributed by atoms with Gasteiger partial charge in [0, 0.05) is 7.05 Å². The van der Waals surface area contributed by atoms with Crippen LogP contribution in [0.5, 0.6) is 5.75 Å². The van der Waals surface area contributed by atoms with Crippen LogP contribution in [0, 0.1) is 6.92 Å². The summed E-state index contributed by atoms with van der Waals surface area (Å²) in [5.74, 6) is 1.73. The lowest BCUT2D eigenvalue weighted by Crippen LogP contribution is -2.27. The lowest BCUT2D eigenvalue weighted by molar-refractivity contribution is 0.340. The van der Waals surface area contributed by atoms with Gasteiger partial charge in [-0.3, -0.25) is 5.10 Å². The quantitative estimate of drug-likeness (QED) is 0.869. The van der Waals surface area contributed by atoms with E-state index in [1.807, 2.05) is 6.92 Å². The Morgan fingerprint density at radius 1 is 1.29 bits per heavy atom. The van der Waals surface area contributed by atoms with E-state index in [0.717, 1.165) is 0 Å². The van der Waals surface area contributed by atoms with Gasteiger partial charge < -0.3 is 4.74 Å². The highest BCUT2D eigenvalue weighted by Gasteiger charge is 2.22. The number of rotatable bonds is 6. The average molecular weight is 310 g/mol. The molecular weight excluding hydrogens is 292 g/mol. The third-order valence-corrected chi connectivity index (χ3v) is 4.67. The van der Waals surface area contributed by atoms with Crippen LogP contribution in [0.15, 0.2) is 29.2 Å². The standard InChI is InChI=1S/C13H18N4O3S/c1-4-20-11-5-7-12(8-6-11)21(18,19)17(3)9-13-14-10(2)15-16-13/h5-8H,4,9H2,1-3H3,(H,14,15,16). The van der Waals surface area contributed by atoms with Crippen molar-refractivity contribution in [2.45, 2.75) is 25.3 Å². The third kappa shape index (κ3) is 3.59. The molecule has 21 heavy (non-hydrogen) atoms. The molecule has 0 saturated carbocycles. The Morgan fingerprint density at radius 3 is 2.48 bits per heavy atom. The van der Waals surface area contributed by atoms with Gasteiger partial charge in [0.2, 0.25) is 10.0 Å². The number of hydrogen-bond donors (Lipinski definition) is 1. The number of nitrogens with zero attached hydrogens (tertiary/aromatic N) is 3. The number of ether oxygens (including phenoxy) is 1. The Morgan fingerprint density at radius 2 is 1.95 bits per heavy atom. The Hall–Kier alpha value is -1.93. The fourth-order valence-electron chi connectivity index (χ4n) is 1.80. The van der Waals surface area contributed by atoms with Gasteiger partial charge in [0.1, 0.15) is 11.6 Å². The van der Waals surface area contributed by atoms with Crippen LogP contribution in [0.25, 0.3) is 0 Å². The number of aryl methyl sites for hydroxylation is 1. The predicted molar refractivity (Wildman–Crippen MR) is 77.4 cm³/mol. The molecule has 0 fully saturated rings. The molecule has 7 nitrogen and oxygen atoms in total. The molecule has 0 bridgehead atoms. The summed E-state index contributed by atoms with van der Waals surface area (Å²) in [6.07, 6.45) is 0. The van der Waals surface area contributed by atoms with Crippen LogP contribution in [-0.4, -0.2) is 41.6 Å². The molecule has 2 rings (SSSR count). The van der Waals surface area contributed by atoms with Crippen molar-refractivity contribution in [3.8, 4) is 5.75 Å². The maximum atomic E-state index is 12.4. The second-order valence-electron chi connectivity index (χ2n) is 4.50. The van der Waals surface area contributed by atoms with Crippen molar-refractivity contribution < 1.29 is 13.2 Å². The number of benzene rings is 1.